The number of nitrogens with two attached hydrogens (primary N) is 1. The van der Waals surface area contributed by atoms with Crippen LogP contribution < -0.4 is 10.6 Å². The Morgan fingerprint density at radius 2 is 2.29 bits per heavy atom. The van der Waals surface area contributed by atoms with Crippen molar-refractivity contribution in [2.45, 2.75) is 32.7 Å². The topological polar surface area (TPSA) is 29.3 Å². The third-order valence-electron chi connectivity index (χ3n) is 3.35. The summed E-state index contributed by atoms with van der Waals surface area (Å²) in [7, 11) is 0. The first-order valence-corrected chi connectivity index (χ1v) is 6.35. The highest BCUT2D eigenvalue weighted by atomic mass is 19.1. The number of halogens is 1. The van der Waals surface area contributed by atoms with Crippen molar-refractivity contribution in [2.75, 3.05) is 18.0 Å². The monoisotopic (exact) mass is 236 g/mol. The molecular formula is C14H21FN2. The van der Waals surface area contributed by atoms with Crippen LogP contribution >= 0.6 is 0 Å². The third-order valence-corrected chi connectivity index (χ3v) is 3.35. The quantitative estimate of drug-likeness (QED) is 0.874. The maximum absolute atomic E-state index is 13.3. The van der Waals surface area contributed by atoms with Gasteiger partial charge in [-0.1, -0.05) is 6.92 Å². The van der Waals surface area contributed by atoms with Crippen molar-refractivity contribution in [1.82, 2.24) is 0 Å². The molecule has 0 amide bonds. The number of hydrogen-bond donors (Lipinski definition) is 1. The first-order chi connectivity index (χ1) is 8.06. The summed E-state index contributed by atoms with van der Waals surface area (Å²) in [6.07, 6.45) is 1.95. The summed E-state index contributed by atoms with van der Waals surface area (Å²) in [6, 6.07) is 5.13. The molecule has 2 N–H and O–H groups in total. The highest BCUT2D eigenvalue weighted by Crippen LogP contribution is 2.28. The summed E-state index contributed by atoms with van der Waals surface area (Å²) >= 11 is 0. The zero-order chi connectivity index (χ0) is 12.4. The molecule has 1 fully saturated rings. The molecule has 1 aliphatic heterocycles. The fourth-order valence-electron chi connectivity index (χ4n) is 2.53. The predicted molar refractivity (Wildman–Crippen MR) is 69.7 cm³/mol. The maximum Gasteiger partial charge on any atom is 0.123 e. The summed E-state index contributed by atoms with van der Waals surface area (Å²) in [5.74, 6) is 0.555. The molecule has 2 unspecified atom stereocenters. The van der Waals surface area contributed by atoms with E-state index in [1.165, 1.54) is 6.42 Å². The molecule has 2 rings (SSSR count). The van der Waals surface area contributed by atoms with Gasteiger partial charge in [0.1, 0.15) is 5.82 Å². The van der Waals surface area contributed by atoms with Crippen molar-refractivity contribution in [1.29, 1.82) is 0 Å². The van der Waals surface area contributed by atoms with Crippen LogP contribution in [0.1, 0.15) is 25.8 Å². The van der Waals surface area contributed by atoms with E-state index in [2.05, 4.69) is 11.8 Å². The molecule has 1 aromatic carbocycles. The second-order valence-electron chi connectivity index (χ2n) is 5.29. The molecule has 94 valence electrons. The third kappa shape index (κ3) is 2.97. The van der Waals surface area contributed by atoms with Crippen LogP contribution in [0.25, 0.3) is 0 Å². The van der Waals surface area contributed by atoms with Crippen LogP contribution in [0.15, 0.2) is 18.2 Å². The van der Waals surface area contributed by atoms with Gasteiger partial charge in [0.25, 0.3) is 0 Å². The standard InChI is InChI=1S/C14H21FN2/c1-10-5-6-17(9-10)14-4-3-13(15)8-12(14)7-11(2)16/h3-4,8,10-11H,5-7,9,16H2,1-2H3. The summed E-state index contributed by atoms with van der Waals surface area (Å²) in [5.41, 5.74) is 8.02. The van der Waals surface area contributed by atoms with Crippen molar-refractivity contribution in [3.8, 4) is 0 Å². The minimum atomic E-state index is -0.170. The molecule has 2 nitrogen and oxygen atoms in total. The molecule has 0 radical (unpaired) electrons. The lowest BCUT2D eigenvalue weighted by Gasteiger charge is -2.22. The lowest BCUT2D eigenvalue weighted by Crippen LogP contribution is -2.24. The summed E-state index contributed by atoms with van der Waals surface area (Å²) in [6.45, 7) is 6.35. The maximum atomic E-state index is 13.3. The van der Waals surface area contributed by atoms with Gasteiger partial charge in [-0.15, -0.1) is 0 Å². The van der Waals surface area contributed by atoms with E-state index >= 15 is 0 Å². The van der Waals surface area contributed by atoms with E-state index < -0.39 is 0 Å². The number of anilines is 1. The van der Waals surface area contributed by atoms with Gasteiger partial charge in [-0.05, 0) is 49.4 Å². The fraction of sp³-hybridized carbons (Fsp3) is 0.571. The highest BCUT2D eigenvalue weighted by Gasteiger charge is 2.21. The molecule has 2 atom stereocenters. The molecule has 1 saturated heterocycles. The molecule has 0 spiro atoms. The van der Waals surface area contributed by atoms with Gasteiger partial charge < -0.3 is 10.6 Å². The molecule has 1 heterocycles. The molecule has 1 aromatic rings. The van der Waals surface area contributed by atoms with Crippen LogP contribution in [0.3, 0.4) is 0 Å². The molecule has 0 aliphatic carbocycles. The molecule has 0 aromatic heterocycles. The van der Waals surface area contributed by atoms with Gasteiger partial charge in [-0.2, -0.15) is 0 Å². The Labute approximate surface area is 103 Å². The van der Waals surface area contributed by atoms with Crippen molar-refractivity contribution < 1.29 is 4.39 Å². The van der Waals surface area contributed by atoms with Gasteiger partial charge in [0.15, 0.2) is 0 Å². The molecule has 1 aliphatic rings. The lowest BCUT2D eigenvalue weighted by molar-refractivity contribution is 0.622. The van der Waals surface area contributed by atoms with Gasteiger partial charge in [0, 0.05) is 24.8 Å². The van der Waals surface area contributed by atoms with Gasteiger partial charge in [0.2, 0.25) is 0 Å². The summed E-state index contributed by atoms with van der Waals surface area (Å²) in [4.78, 5) is 2.35. The summed E-state index contributed by atoms with van der Waals surface area (Å²) < 4.78 is 13.3. The lowest BCUT2D eigenvalue weighted by atomic mass is 10.0. The van der Waals surface area contributed by atoms with Crippen molar-refractivity contribution in [2.24, 2.45) is 11.7 Å². The first kappa shape index (κ1) is 12.4. The van der Waals surface area contributed by atoms with Gasteiger partial charge in [-0.25, -0.2) is 4.39 Å². The SMILES string of the molecule is CC(N)Cc1cc(F)ccc1N1CCC(C)C1. The van der Waals surface area contributed by atoms with E-state index in [0.717, 1.165) is 36.7 Å². The zero-order valence-corrected chi connectivity index (χ0v) is 10.6. The number of nitrogens with zero attached hydrogens (tertiary/aromatic N) is 1. The molecular weight excluding hydrogens is 215 g/mol. The Kier molecular flexibility index (Phi) is 3.67. The number of rotatable bonds is 3. The summed E-state index contributed by atoms with van der Waals surface area (Å²) in [5, 5.41) is 0. The number of hydrogen-bond acceptors (Lipinski definition) is 2. The van der Waals surface area contributed by atoms with Crippen molar-refractivity contribution in [3.63, 3.8) is 0 Å². The van der Waals surface area contributed by atoms with Crippen LogP contribution in [0.5, 0.6) is 0 Å². The Balaban J connectivity index is 2.25. The van der Waals surface area contributed by atoms with Crippen LogP contribution in [-0.4, -0.2) is 19.1 Å². The molecule has 17 heavy (non-hydrogen) atoms. The van der Waals surface area contributed by atoms with Gasteiger partial charge in [0.05, 0.1) is 0 Å². The van der Waals surface area contributed by atoms with Gasteiger partial charge in [-0.3, -0.25) is 0 Å². The number of benzene rings is 1. The van der Waals surface area contributed by atoms with Crippen molar-refractivity contribution in [3.05, 3.63) is 29.6 Å². The van der Waals surface area contributed by atoms with E-state index in [9.17, 15) is 4.39 Å². The second kappa shape index (κ2) is 5.05. The molecule has 3 heteroatoms. The minimum Gasteiger partial charge on any atom is -0.371 e. The average Bonchev–Trinajstić information content (AvgIpc) is 2.64. The smallest absolute Gasteiger partial charge is 0.123 e. The van der Waals surface area contributed by atoms with E-state index in [-0.39, 0.29) is 11.9 Å². The van der Waals surface area contributed by atoms with Crippen LogP contribution in [0, 0.1) is 11.7 Å². The molecule has 0 saturated carbocycles. The predicted octanol–water partition coefficient (Wildman–Crippen LogP) is 2.56. The van der Waals surface area contributed by atoms with E-state index in [1.54, 1.807) is 12.1 Å². The zero-order valence-electron chi connectivity index (χ0n) is 10.6. The van der Waals surface area contributed by atoms with Crippen LogP contribution in [-0.2, 0) is 6.42 Å². The Morgan fingerprint density at radius 3 is 2.88 bits per heavy atom. The largest absolute Gasteiger partial charge is 0.371 e. The van der Waals surface area contributed by atoms with Crippen LogP contribution in [0.2, 0.25) is 0 Å². The van der Waals surface area contributed by atoms with E-state index in [4.69, 9.17) is 5.73 Å². The Morgan fingerprint density at radius 1 is 1.53 bits per heavy atom. The van der Waals surface area contributed by atoms with E-state index in [0.29, 0.717) is 0 Å². The van der Waals surface area contributed by atoms with Gasteiger partial charge >= 0.3 is 0 Å². The highest BCUT2D eigenvalue weighted by molar-refractivity contribution is 5.55. The minimum absolute atomic E-state index is 0.0653. The molecule has 0 bridgehead atoms. The van der Waals surface area contributed by atoms with E-state index in [1.807, 2.05) is 13.0 Å². The fourth-order valence-corrected chi connectivity index (χ4v) is 2.53. The van der Waals surface area contributed by atoms with Crippen molar-refractivity contribution >= 4 is 5.69 Å². The first-order valence-electron chi connectivity index (χ1n) is 6.35. The van der Waals surface area contributed by atoms with Crippen LogP contribution in [0.4, 0.5) is 10.1 Å². The Bertz CT molecular complexity index is 390. The second-order valence-corrected chi connectivity index (χ2v) is 5.29. The Hall–Kier alpha value is -1.09. The normalized spacial score (nSPS) is 21.9. The average molecular weight is 236 g/mol.